The van der Waals surface area contributed by atoms with Crippen LogP contribution in [0.4, 0.5) is 0 Å². The fraction of sp³-hybridized carbons (Fsp3) is 0.647. The average molecular weight is 311 g/mol. The summed E-state index contributed by atoms with van der Waals surface area (Å²) in [5.41, 5.74) is 2.31. The SMILES string of the molecule is CCNC(c1cccc(CC(C)C)c1)C(C)(C)S(C)(=O)=O. The molecule has 0 saturated carbocycles. The van der Waals surface area contributed by atoms with E-state index in [1.807, 2.05) is 19.1 Å². The Morgan fingerprint density at radius 3 is 2.33 bits per heavy atom. The maximum absolute atomic E-state index is 12.2. The highest BCUT2D eigenvalue weighted by molar-refractivity contribution is 7.92. The van der Waals surface area contributed by atoms with Gasteiger partial charge in [0.25, 0.3) is 0 Å². The summed E-state index contributed by atoms with van der Waals surface area (Å²) in [4.78, 5) is 0. The lowest BCUT2D eigenvalue weighted by Gasteiger charge is -2.34. The highest BCUT2D eigenvalue weighted by Crippen LogP contribution is 2.32. The first-order chi connectivity index (χ1) is 9.59. The minimum Gasteiger partial charge on any atom is -0.309 e. The van der Waals surface area contributed by atoms with Crippen molar-refractivity contribution in [3.05, 3.63) is 35.4 Å². The highest BCUT2D eigenvalue weighted by atomic mass is 32.2. The van der Waals surface area contributed by atoms with E-state index >= 15 is 0 Å². The zero-order valence-corrected chi connectivity index (χ0v) is 14.9. The largest absolute Gasteiger partial charge is 0.309 e. The molecule has 4 heteroatoms. The van der Waals surface area contributed by atoms with Crippen LogP contribution in [0.2, 0.25) is 0 Å². The number of rotatable bonds is 7. The molecule has 1 rings (SSSR count). The van der Waals surface area contributed by atoms with Gasteiger partial charge >= 0.3 is 0 Å². The van der Waals surface area contributed by atoms with E-state index in [2.05, 4.69) is 31.3 Å². The second-order valence-corrected chi connectivity index (χ2v) is 9.31. The summed E-state index contributed by atoms with van der Waals surface area (Å²) in [7, 11) is -3.17. The average Bonchev–Trinajstić information content (AvgIpc) is 2.33. The lowest BCUT2D eigenvalue weighted by Crippen LogP contribution is -2.45. The quantitative estimate of drug-likeness (QED) is 0.840. The maximum atomic E-state index is 12.2. The smallest absolute Gasteiger partial charge is 0.154 e. The molecule has 0 fully saturated rings. The summed E-state index contributed by atoms with van der Waals surface area (Å²) in [5, 5.41) is 3.35. The number of hydrogen-bond acceptors (Lipinski definition) is 3. The van der Waals surface area contributed by atoms with E-state index in [1.54, 1.807) is 13.8 Å². The summed E-state index contributed by atoms with van der Waals surface area (Å²) in [6.45, 7) is 10.7. The minimum absolute atomic E-state index is 0.204. The van der Waals surface area contributed by atoms with Gasteiger partial charge in [-0.15, -0.1) is 0 Å². The van der Waals surface area contributed by atoms with Crippen molar-refractivity contribution in [2.75, 3.05) is 12.8 Å². The summed E-state index contributed by atoms with van der Waals surface area (Å²) in [5.74, 6) is 0.584. The highest BCUT2D eigenvalue weighted by Gasteiger charge is 2.39. The molecule has 1 unspecified atom stereocenters. The van der Waals surface area contributed by atoms with Crippen molar-refractivity contribution >= 4 is 9.84 Å². The van der Waals surface area contributed by atoms with Gasteiger partial charge in [0.15, 0.2) is 9.84 Å². The second kappa shape index (κ2) is 6.93. The van der Waals surface area contributed by atoms with Crippen molar-refractivity contribution in [1.82, 2.24) is 5.32 Å². The van der Waals surface area contributed by atoms with E-state index in [4.69, 9.17) is 0 Å². The summed E-state index contributed by atoms with van der Waals surface area (Å²) < 4.78 is 23.5. The van der Waals surface area contributed by atoms with Crippen LogP contribution in [0.3, 0.4) is 0 Å². The third kappa shape index (κ3) is 4.55. The van der Waals surface area contributed by atoms with Crippen LogP contribution in [-0.2, 0) is 16.3 Å². The molecule has 0 amide bonds. The third-order valence-electron chi connectivity index (χ3n) is 3.99. The van der Waals surface area contributed by atoms with Crippen LogP contribution < -0.4 is 5.32 Å². The zero-order valence-electron chi connectivity index (χ0n) is 14.1. The molecule has 0 radical (unpaired) electrons. The molecule has 21 heavy (non-hydrogen) atoms. The molecule has 0 saturated heterocycles. The van der Waals surface area contributed by atoms with Crippen LogP contribution in [0.1, 0.15) is 51.8 Å². The molecule has 0 aromatic heterocycles. The molecule has 0 heterocycles. The molecule has 1 aromatic rings. The van der Waals surface area contributed by atoms with Gasteiger partial charge in [-0.3, -0.25) is 0 Å². The molecular weight excluding hydrogens is 282 g/mol. The standard InChI is InChI=1S/C17H29NO2S/c1-7-18-16(17(4,5)21(6,19)20)15-10-8-9-14(12-15)11-13(2)3/h8-10,12-13,16,18H,7,11H2,1-6H3. The molecule has 0 bridgehead atoms. The van der Waals surface area contributed by atoms with Gasteiger partial charge in [-0.05, 0) is 43.9 Å². The molecule has 0 aliphatic rings. The Kier molecular flexibility index (Phi) is 6.00. The first-order valence-electron chi connectivity index (χ1n) is 7.61. The Morgan fingerprint density at radius 2 is 1.86 bits per heavy atom. The Balaban J connectivity index is 3.23. The molecule has 0 aliphatic heterocycles. The molecule has 1 N–H and O–H groups in total. The Bertz CT molecular complexity index is 562. The van der Waals surface area contributed by atoms with Gasteiger partial charge in [-0.1, -0.05) is 45.0 Å². The van der Waals surface area contributed by atoms with Crippen molar-refractivity contribution in [3.63, 3.8) is 0 Å². The fourth-order valence-electron chi connectivity index (χ4n) is 2.55. The number of benzene rings is 1. The van der Waals surface area contributed by atoms with E-state index in [-0.39, 0.29) is 6.04 Å². The van der Waals surface area contributed by atoms with E-state index in [0.29, 0.717) is 5.92 Å². The Morgan fingerprint density at radius 1 is 1.24 bits per heavy atom. The minimum atomic E-state index is -3.17. The molecule has 120 valence electrons. The van der Waals surface area contributed by atoms with Crippen LogP contribution >= 0.6 is 0 Å². The Hall–Kier alpha value is -0.870. The first kappa shape index (κ1) is 18.2. The molecule has 1 atom stereocenters. The third-order valence-corrected chi connectivity index (χ3v) is 6.13. The van der Waals surface area contributed by atoms with Crippen LogP contribution in [0, 0.1) is 5.92 Å². The van der Waals surface area contributed by atoms with Gasteiger partial charge in [-0.25, -0.2) is 8.42 Å². The van der Waals surface area contributed by atoms with Gasteiger partial charge in [-0.2, -0.15) is 0 Å². The van der Waals surface area contributed by atoms with E-state index in [0.717, 1.165) is 18.5 Å². The Labute approximate surface area is 130 Å². The first-order valence-corrected chi connectivity index (χ1v) is 9.50. The van der Waals surface area contributed by atoms with E-state index < -0.39 is 14.6 Å². The molecular formula is C17H29NO2S. The van der Waals surface area contributed by atoms with Crippen molar-refractivity contribution in [1.29, 1.82) is 0 Å². The zero-order chi connectivity index (χ0) is 16.3. The van der Waals surface area contributed by atoms with Crippen LogP contribution in [0.15, 0.2) is 24.3 Å². The lowest BCUT2D eigenvalue weighted by molar-refractivity contribution is 0.428. The van der Waals surface area contributed by atoms with Gasteiger partial charge in [0.2, 0.25) is 0 Å². The van der Waals surface area contributed by atoms with Crippen molar-refractivity contribution in [2.24, 2.45) is 5.92 Å². The molecule has 0 aliphatic carbocycles. The monoisotopic (exact) mass is 311 g/mol. The topological polar surface area (TPSA) is 46.2 Å². The van der Waals surface area contributed by atoms with E-state index in [1.165, 1.54) is 11.8 Å². The van der Waals surface area contributed by atoms with Crippen LogP contribution in [0.5, 0.6) is 0 Å². The maximum Gasteiger partial charge on any atom is 0.154 e. The summed E-state index contributed by atoms with van der Waals surface area (Å²) >= 11 is 0. The van der Waals surface area contributed by atoms with Gasteiger partial charge < -0.3 is 5.32 Å². The van der Waals surface area contributed by atoms with E-state index in [9.17, 15) is 8.42 Å². The van der Waals surface area contributed by atoms with Crippen molar-refractivity contribution in [2.45, 2.75) is 51.8 Å². The van der Waals surface area contributed by atoms with Crippen molar-refractivity contribution < 1.29 is 8.42 Å². The normalized spacial score (nSPS) is 14.4. The summed E-state index contributed by atoms with van der Waals surface area (Å²) in [6, 6.07) is 8.09. The van der Waals surface area contributed by atoms with Gasteiger partial charge in [0.05, 0.1) is 10.8 Å². The lowest BCUT2D eigenvalue weighted by atomic mass is 9.92. The van der Waals surface area contributed by atoms with Crippen LogP contribution in [0.25, 0.3) is 0 Å². The van der Waals surface area contributed by atoms with Gasteiger partial charge in [0, 0.05) is 6.26 Å². The summed E-state index contributed by atoms with van der Waals surface area (Å²) in [6.07, 6.45) is 2.32. The van der Waals surface area contributed by atoms with Gasteiger partial charge in [0.1, 0.15) is 0 Å². The molecule has 3 nitrogen and oxygen atoms in total. The molecule has 0 spiro atoms. The number of hydrogen-bond donors (Lipinski definition) is 1. The van der Waals surface area contributed by atoms with Crippen LogP contribution in [-0.4, -0.2) is 26.0 Å². The van der Waals surface area contributed by atoms with Crippen molar-refractivity contribution in [3.8, 4) is 0 Å². The number of sulfone groups is 1. The fourth-order valence-corrected chi connectivity index (χ4v) is 3.20. The predicted molar refractivity (Wildman–Crippen MR) is 90.3 cm³/mol. The number of nitrogens with one attached hydrogen (secondary N) is 1. The second-order valence-electron chi connectivity index (χ2n) is 6.71. The predicted octanol–water partition coefficient (Wildman–Crippen LogP) is 3.36. The molecule has 1 aromatic carbocycles.